The van der Waals surface area contributed by atoms with Crippen molar-refractivity contribution in [1.82, 2.24) is 10.5 Å². The van der Waals surface area contributed by atoms with Crippen LogP contribution in [0.4, 0.5) is 4.39 Å². The molecule has 1 heterocycles. The summed E-state index contributed by atoms with van der Waals surface area (Å²) >= 11 is 6.11. The van der Waals surface area contributed by atoms with Crippen molar-refractivity contribution in [2.24, 2.45) is 0 Å². The smallest absolute Gasteiger partial charge is 0.257 e. The first-order valence-electron chi connectivity index (χ1n) is 9.35. The molecule has 0 fully saturated rings. The molecule has 0 aliphatic carbocycles. The molecule has 1 aromatic heterocycles. The highest BCUT2D eigenvalue weighted by Gasteiger charge is 2.25. The van der Waals surface area contributed by atoms with Gasteiger partial charge < -0.3 is 14.6 Å². The van der Waals surface area contributed by atoms with Crippen LogP contribution in [0.25, 0.3) is 22.0 Å². The molecule has 4 rings (SSSR count). The third kappa shape index (κ3) is 4.00. The van der Waals surface area contributed by atoms with Crippen LogP contribution < -0.4 is 10.1 Å². The van der Waals surface area contributed by atoms with Crippen molar-refractivity contribution in [3.05, 3.63) is 82.8 Å². The Bertz CT molecular complexity index is 1200. The van der Waals surface area contributed by atoms with Crippen molar-refractivity contribution in [2.45, 2.75) is 6.92 Å². The number of hydrogen-bond donors (Lipinski definition) is 1. The van der Waals surface area contributed by atoms with Crippen LogP contribution in [0.3, 0.4) is 0 Å². The van der Waals surface area contributed by atoms with E-state index in [1.165, 1.54) is 18.2 Å². The Morgan fingerprint density at radius 2 is 1.93 bits per heavy atom. The number of nitrogens with one attached hydrogen (secondary N) is 1. The monoisotopic (exact) mass is 424 g/mol. The summed E-state index contributed by atoms with van der Waals surface area (Å²) in [7, 11) is 0. The van der Waals surface area contributed by atoms with E-state index in [-0.39, 0.29) is 40.8 Å². The lowest BCUT2D eigenvalue weighted by Crippen LogP contribution is -2.28. The molecular formula is C23H18ClFN2O3. The summed E-state index contributed by atoms with van der Waals surface area (Å²) in [6.07, 6.45) is 0. The van der Waals surface area contributed by atoms with E-state index in [2.05, 4.69) is 10.5 Å². The summed E-state index contributed by atoms with van der Waals surface area (Å²) in [5.74, 6) is -0.0325. The maximum Gasteiger partial charge on any atom is 0.257 e. The molecule has 3 aromatic carbocycles. The van der Waals surface area contributed by atoms with Gasteiger partial charge in [-0.05, 0) is 42.0 Å². The molecule has 7 heteroatoms. The number of halogens is 2. The maximum absolute atomic E-state index is 14.3. The van der Waals surface area contributed by atoms with E-state index in [9.17, 15) is 9.18 Å². The zero-order valence-electron chi connectivity index (χ0n) is 16.1. The summed E-state index contributed by atoms with van der Waals surface area (Å²) in [6.45, 7) is 2.11. The highest BCUT2D eigenvalue weighted by atomic mass is 35.5. The summed E-state index contributed by atoms with van der Waals surface area (Å²) in [5, 5.41) is 8.94. The van der Waals surface area contributed by atoms with Gasteiger partial charge in [0.1, 0.15) is 35.2 Å². The first kappa shape index (κ1) is 19.9. The zero-order chi connectivity index (χ0) is 21.1. The number of carbonyl (C=O) groups excluding carboxylic acids is 1. The molecule has 30 heavy (non-hydrogen) atoms. The first-order valence-corrected chi connectivity index (χ1v) is 9.73. The fourth-order valence-corrected chi connectivity index (χ4v) is 3.47. The molecule has 5 nitrogen and oxygen atoms in total. The Labute approximate surface area is 177 Å². The Kier molecular flexibility index (Phi) is 5.68. The van der Waals surface area contributed by atoms with Gasteiger partial charge in [-0.3, -0.25) is 4.79 Å². The number of benzene rings is 3. The number of rotatable bonds is 6. The number of carbonyl (C=O) groups is 1. The minimum absolute atomic E-state index is 0.0357. The van der Waals surface area contributed by atoms with E-state index in [1.54, 1.807) is 6.92 Å². The van der Waals surface area contributed by atoms with Crippen LogP contribution in [0.5, 0.6) is 5.75 Å². The quantitative estimate of drug-likeness (QED) is 0.421. The molecule has 152 valence electrons. The number of aryl methyl sites for hydroxylation is 1. The summed E-state index contributed by atoms with van der Waals surface area (Å²) in [6, 6.07) is 18.1. The van der Waals surface area contributed by atoms with E-state index in [0.717, 1.165) is 10.8 Å². The molecule has 4 aromatic rings. The number of nitrogens with zero attached hydrogens (tertiary/aromatic N) is 1. The Morgan fingerprint density at radius 1 is 1.13 bits per heavy atom. The normalized spacial score (nSPS) is 10.9. The molecule has 0 saturated carbocycles. The standard InChI is InChI=1S/C23H18ClFN2O3/c1-14-20(22(27-30-14)21-18(24)7-4-8-19(21)25)23(28)26-11-12-29-17-10-9-15-5-2-3-6-16(15)13-17/h2-10,13H,11-12H2,1H3,(H,26,28). The van der Waals surface area contributed by atoms with Crippen molar-refractivity contribution in [3.8, 4) is 17.0 Å². The van der Waals surface area contributed by atoms with E-state index in [4.69, 9.17) is 20.9 Å². The van der Waals surface area contributed by atoms with Crippen molar-refractivity contribution in [3.63, 3.8) is 0 Å². The van der Waals surface area contributed by atoms with E-state index in [1.807, 2.05) is 42.5 Å². The Morgan fingerprint density at radius 3 is 2.73 bits per heavy atom. The largest absolute Gasteiger partial charge is 0.492 e. The summed E-state index contributed by atoms with van der Waals surface area (Å²) in [4.78, 5) is 12.7. The van der Waals surface area contributed by atoms with Crippen LogP contribution in [-0.2, 0) is 0 Å². The highest BCUT2D eigenvalue weighted by molar-refractivity contribution is 6.33. The first-order chi connectivity index (χ1) is 14.5. The second-order valence-corrected chi connectivity index (χ2v) is 7.08. The molecule has 0 spiro atoms. The Hall–Kier alpha value is -3.38. The molecule has 0 radical (unpaired) electrons. The Balaban J connectivity index is 1.43. The van der Waals surface area contributed by atoms with Gasteiger partial charge >= 0.3 is 0 Å². The van der Waals surface area contributed by atoms with E-state index >= 15 is 0 Å². The minimum Gasteiger partial charge on any atom is -0.492 e. The average molecular weight is 425 g/mol. The van der Waals surface area contributed by atoms with Gasteiger partial charge in [0.05, 0.1) is 17.1 Å². The van der Waals surface area contributed by atoms with Crippen molar-refractivity contribution in [1.29, 1.82) is 0 Å². The topological polar surface area (TPSA) is 64.4 Å². The molecule has 0 bridgehead atoms. The molecule has 0 atom stereocenters. The van der Waals surface area contributed by atoms with Crippen LogP contribution >= 0.6 is 11.6 Å². The fraction of sp³-hybridized carbons (Fsp3) is 0.130. The molecule has 0 saturated heterocycles. The number of hydrogen-bond acceptors (Lipinski definition) is 4. The number of aromatic nitrogens is 1. The average Bonchev–Trinajstić information content (AvgIpc) is 3.12. The van der Waals surface area contributed by atoms with Gasteiger partial charge in [-0.15, -0.1) is 0 Å². The van der Waals surface area contributed by atoms with Gasteiger partial charge in [-0.25, -0.2) is 4.39 Å². The minimum atomic E-state index is -0.579. The van der Waals surface area contributed by atoms with E-state index < -0.39 is 11.7 Å². The van der Waals surface area contributed by atoms with E-state index in [0.29, 0.717) is 5.75 Å². The molecular weight excluding hydrogens is 407 g/mol. The second-order valence-electron chi connectivity index (χ2n) is 6.67. The lowest BCUT2D eigenvalue weighted by molar-refractivity contribution is 0.0946. The number of amides is 1. The number of ether oxygens (including phenoxy) is 1. The predicted octanol–water partition coefficient (Wildman–Crippen LogP) is 5.40. The molecule has 1 N–H and O–H groups in total. The van der Waals surface area contributed by atoms with Crippen molar-refractivity contribution >= 4 is 28.3 Å². The van der Waals surface area contributed by atoms with Gasteiger partial charge in [-0.1, -0.05) is 53.2 Å². The molecule has 0 unspecified atom stereocenters. The molecule has 1 amide bonds. The second kappa shape index (κ2) is 8.55. The van der Waals surface area contributed by atoms with Gasteiger partial charge in [0.25, 0.3) is 5.91 Å². The third-order valence-electron chi connectivity index (χ3n) is 4.67. The van der Waals surface area contributed by atoms with Crippen LogP contribution in [0.15, 0.2) is 65.2 Å². The lowest BCUT2D eigenvalue weighted by Gasteiger charge is -2.09. The van der Waals surface area contributed by atoms with Gasteiger partial charge in [-0.2, -0.15) is 0 Å². The van der Waals surface area contributed by atoms with Crippen LogP contribution in [-0.4, -0.2) is 24.2 Å². The zero-order valence-corrected chi connectivity index (χ0v) is 16.9. The van der Waals surface area contributed by atoms with Crippen LogP contribution in [0, 0.1) is 12.7 Å². The molecule has 0 aliphatic heterocycles. The SMILES string of the molecule is Cc1onc(-c2c(F)cccc2Cl)c1C(=O)NCCOc1ccc2ccccc2c1. The van der Waals surface area contributed by atoms with Gasteiger partial charge in [0.15, 0.2) is 0 Å². The summed E-state index contributed by atoms with van der Waals surface area (Å²) in [5.41, 5.74) is 0.254. The third-order valence-corrected chi connectivity index (χ3v) is 4.98. The predicted molar refractivity (Wildman–Crippen MR) is 113 cm³/mol. The maximum atomic E-state index is 14.3. The van der Waals surface area contributed by atoms with Crippen molar-refractivity contribution < 1.29 is 18.4 Å². The molecule has 0 aliphatic rings. The van der Waals surface area contributed by atoms with Crippen LogP contribution in [0.1, 0.15) is 16.1 Å². The number of fused-ring (bicyclic) bond motifs is 1. The van der Waals surface area contributed by atoms with Gasteiger partial charge in [0, 0.05) is 0 Å². The van der Waals surface area contributed by atoms with Crippen molar-refractivity contribution in [2.75, 3.05) is 13.2 Å². The summed E-state index contributed by atoms with van der Waals surface area (Å²) < 4.78 is 25.1. The lowest BCUT2D eigenvalue weighted by atomic mass is 10.0. The fourth-order valence-electron chi connectivity index (χ4n) is 3.21. The highest BCUT2D eigenvalue weighted by Crippen LogP contribution is 2.33. The van der Waals surface area contributed by atoms with Crippen LogP contribution in [0.2, 0.25) is 5.02 Å². The van der Waals surface area contributed by atoms with Gasteiger partial charge in [0.2, 0.25) is 0 Å².